The van der Waals surface area contributed by atoms with Crippen molar-refractivity contribution in [1.82, 2.24) is 10.2 Å². The molecule has 25 heavy (non-hydrogen) atoms. The van der Waals surface area contributed by atoms with Crippen LogP contribution in [0.25, 0.3) is 0 Å². The van der Waals surface area contributed by atoms with Gasteiger partial charge in [-0.3, -0.25) is 9.69 Å². The van der Waals surface area contributed by atoms with Crippen molar-refractivity contribution < 1.29 is 19.4 Å². The minimum Gasteiger partial charge on any atom is -0.480 e. The Labute approximate surface area is 149 Å². The molecular formula is C19H28N2O4. The van der Waals surface area contributed by atoms with E-state index < -0.39 is 12.0 Å². The van der Waals surface area contributed by atoms with Crippen LogP contribution < -0.4 is 5.32 Å². The van der Waals surface area contributed by atoms with E-state index in [2.05, 4.69) is 22.3 Å². The van der Waals surface area contributed by atoms with Gasteiger partial charge < -0.3 is 15.2 Å². The molecule has 1 aromatic carbocycles. The number of carboxylic acids is 1. The Kier molecular flexibility index (Phi) is 7.40. The fourth-order valence-corrected chi connectivity index (χ4v) is 3.04. The van der Waals surface area contributed by atoms with Crippen molar-refractivity contribution in [2.45, 2.75) is 45.4 Å². The van der Waals surface area contributed by atoms with Gasteiger partial charge in [0, 0.05) is 19.6 Å². The molecule has 0 spiro atoms. The van der Waals surface area contributed by atoms with Crippen molar-refractivity contribution in [2.75, 3.05) is 19.7 Å². The van der Waals surface area contributed by atoms with Crippen LogP contribution >= 0.6 is 0 Å². The Morgan fingerprint density at radius 1 is 1.32 bits per heavy atom. The van der Waals surface area contributed by atoms with E-state index in [1.807, 2.05) is 32.0 Å². The van der Waals surface area contributed by atoms with E-state index in [4.69, 9.17) is 4.74 Å². The van der Waals surface area contributed by atoms with Crippen LogP contribution in [0.5, 0.6) is 0 Å². The van der Waals surface area contributed by atoms with Crippen molar-refractivity contribution in [3.8, 4) is 0 Å². The van der Waals surface area contributed by atoms with Crippen molar-refractivity contribution in [3.63, 3.8) is 0 Å². The second-order valence-electron chi connectivity index (χ2n) is 7.01. The average Bonchev–Trinajstić information content (AvgIpc) is 2.55. The third kappa shape index (κ3) is 6.84. The summed E-state index contributed by atoms with van der Waals surface area (Å²) in [5, 5.41) is 11.9. The molecule has 1 aromatic rings. The quantitative estimate of drug-likeness (QED) is 0.750. The lowest BCUT2D eigenvalue weighted by molar-refractivity contribution is -0.143. The summed E-state index contributed by atoms with van der Waals surface area (Å²) in [6.07, 6.45) is 0.408. The first kappa shape index (κ1) is 19.4. The number of benzene rings is 1. The number of nitrogens with one attached hydrogen (secondary N) is 1. The first-order valence-corrected chi connectivity index (χ1v) is 8.84. The Morgan fingerprint density at radius 3 is 2.68 bits per heavy atom. The number of amides is 1. The van der Waals surface area contributed by atoms with Gasteiger partial charge in [0.15, 0.2) is 0 Å². The maximum Gasteiger partial charge on any atom is 0.326 e. The summed E-state index contributed by atoms with van der Waals surface area (Å²) >= 11 is 0. The van der Waals surface area contributed by atoms with E-state index in [0.29, 0.717) is 19.6 Å². The molecule has 0 radical (unpaired) electrons. The van der Waals surface area contributed by atoms with Crippen LogP contribution in [0.4, 0.5) is 0 Å². The smallest absolute Gasteiger partial charge is 0.326 e. The van der Waals surface area contributed by atoms with Gasteiger partial charge in [0.2, 0.25) is 5.91 Å². The van der Waals surface area contributed by atoms with Gasteiger partial charge in [-0.25, -0.2) is 4.79 Å². The maximum absolute atomic E-state index is 12.2. The van der Waals surface area contributed by atoms with Crippen LogP contribution in [0.3, 0.4) is 0 Å². The van der Waals surface area contributed by atoms with Gasteiger partial charge in [0.05, 0.1) is 19.1 Å². The molecule has 0 aliphatic carbocycles. The van der Waals surface area contributed by atoms with Crippen LogP contribution in [0.2, 0.25) is 0 Å². The number of rotatable bonds is 8. The van der Waals surface area contributed by atoms with Gasteiger partial charge in [-0.2, -0.15) is 0 Å². The monoisotopic (exact) mass is 348 g/mol. The van der Waals surface area contributed by atoms with Gasteiger partial charge in [-0.05, 0) is 17.9 Å². The normalized spacial score (nSPS) is 19.6. The van der Waals surface area contributed by atoms with Crippen molar-refractivity contribution in [2.24, 2.45) is 5.92 Å². The molecule has 2 N–H and O–H groups in total. The summed E-state index contributed by atoms with van der Waals surface area (Å²) in [5.41, 5.74) is 1.23. The maximum atomic E-state index is 12.2. The summed E-state index contributed by atoms with van der Waals surface area (Å²) in [6.45, 7) is 6.79. The number of morpholine rings is 1. The molecule has 0 saturated carbocycles. The Hall–Kier alpha value is -1.92. The molecule has 6 nitrogen and oxygen atoms in total. The molecule has 2 unspecified atom stereocenters. The first-order valence-electron chi connectivity index (χ1n) is 8.84. The zero-order chi connectivity index (χ0) is 18.2. The first-order chi connectivity index (χ1) is 11.9. The van der Waals surface area contributed by atoms with Crippen molar-refractivity contribution in [1.29, 1.82) is 0 Å². The highest BCUT2D eigenvalue weighted by Gasteiger charge is 2.26. The molecule has 2 rings (SSSR count). The van der Waals surface area contributed by atoms with Crippen LogP contribution in [0.15, 0.2) is 30.3 Å². The molecule has 138 valence electrons. The summed E-state index contributed by atoms with van der Waals surface area (Å²) in [4.78, 5) is 25.7. The second kappa shape index (κ2) is 9.53. The van der Waals surface area contributed by atoms with E-state index in [1.165, 1.54) is 5.56 Å². The van der Waals surface area contributed by atoms with Crippen LogP contribution in [0, 0.1) is 5.92 Å². The fraction of sp³-hybridized carbons (Fsp3) is 0.579. The minimum absolute atomic E-state index is 0.188. The summed E-state index contributed by atoms with van der Waals surface area (Å²) in [7, 11) is 0. The van der Waals surface area contributed by atoms with E-state index in [0.717, 1.165) is 13.1 Å². The lowest BCUT2D eigenvalue weighted by Crippen LogP contribution is -2.47. The topological polar surface area (TPSA) is 78.9 Å². The van der Waals surface area contributed by atoms with E-state index >= 15 is 0 Å². The number of hydrogen-bond donors (Lipinski definition) is 2. The Bertz CT molecular complexity index is 562. The molecular weight excluding hydrogens is 320 g/mol. The zero-order valence-electron chi connectivity index (χ0n) is 15.0. The van der Waals surface area contributed by atoms with Gasteiger partial charge in [-0.1, -0.05) is 44.2 Å². The lowest BCUT2D eigenvalue weighted by atomic mass is 10.0. The predicted octanol–water partition coefficient (Wildman–Crippen LogP) is 1.89. The standard InChI is InChI=1S/C19H28N2O4/c1-14(2)10-17(19(23)24)20-18(22)11-16-13-21(8-9-25-16)12-15-6-4-3-5-7-15/h3-7,14,16-17H,8-13H2,1-2H3,(H,20,22)(H,23,24). The SMILES string of the molecule is CC(C)CC(NC(=O)CC1CN(Cc2ccccc2)CCO1)C(=O)O. The van der Waals surface area contributed by atoms with Gasteiger partial charge in [0.25, 0.3) is 0 Å². The molecule has 1 aliphatic rings. The fourth-order valence-electron chi connectivity index (χ4n) is 3.04. The van der Waals surface area contributed by atoms with Gasteiger partial charge in [0.1, 0.15) is 6.04 Å². The van der Waals surface area contributed by atoms with Gasteiger partial charge >= 0.3 is 5.97 Å². The van der Waals surface area contributed by atoms with Crippen LogP contribution in [0.1, 0.15) is 32.3 Å². The second-order valence-corrected chi connectivity index (χ2v) is 7.01. The molecule has 1 amide bonds. The molecule has 0 bridgehead atoms. The Balaban J connectivity index is 1.82. The number of ether oxygens (including phenoxy) is 1. The number of carbonyl (C=O) groups is 2. The highest BCUT2D eigenvalue weighted by Crippen LogP contribution is 2.13. The molecule has 1 aliphatic heterocycles. The average molecular weight is 348 g/mol. The summed E-state index contributed by atoms with van der Waals surface area (Å²) in [6, 6.07) is 9.35. The van der Waals surface area contributed by atoms with Crippen LogP contribution in [-0.4, -0.2) is 53.7 Å². The number of hydrogen-bond acceptors (Lipinski definition) is 4. The highest BCUT2D eigenvalue weighted by molar-refractivity contribution is 5.83. The van der Waals surface area contributed by atoms with Crippen LogP contribution in [-0.2, 0) is 20.9 Å². The van der Waals surface area contributed by atoms with Crippen molar-refractivity contribution >= 4 is 11.9 Å². The third-order valence-corrected chi connectivity index (χ3v) is 4.23. The zero-order valence-corrected chi connectivity index (χ0v) is 15.0. The van der Waals surface area contributed by atoms with E-state index in [9.17, 15) is 14.7 Å². The molecule has 1 heterocycles. The van der Waals surface area contributed by atoms with Crippen molar-refractivity contribution in [3.05, 3.63) is 35.9 Å². The largest absolute Gasteiger partial charge is 0.480 e. The number of carboxylic acid groups (broad SMARTS) is 1. The highest BCUT2D eigenvalue weighted by atomic mass is 16.5. The minimum atomic E-state index is -0.989. The van der Waals surface area contributed by atoms with E-state index in [1.54, 1.807) is 0 Å². The summed E-state index contributed by atoms with van der Waals surface area (Å²) < 4.78 is 5.69. The molecule has 1 fully saturated rings. The van der Waals surface area contributed by atoms with Gasteiger partial charge in [-0.15, -0.1) is 0 Å². The molecule has 1 saturated heterocycles. The number of nitrogens with zero attached hydrogens (tertiary/aromatic N) is 1. The lowest BCUT2D eigenvalue weighted by Gasteiger charge is -2.33. The Morgan fingerprint density at radius 2 is 2.04 bits per heavy atom. The molecule has 6 heteroatoms. The molecule has 0 aromatic heterocycles. The third-order valence-electron chi connectivity index (χ3n) is 4.23. The molecule has 2 atom stereocenters. The number of carbonyl (C=O) groups excluding carboxylic acids is 1. The summed E-state index contributed by atoms with van der Waals surface area (Å²) in [5.74, 6) is -1.05. The number of aliphatic carboxylic acids is 1. The predicted molar refractivity (Wildman–Crippen MR) is 95.1 cm³/mol. The van der Waals surface area contributed by atoms with E-state index in [-0.39, 0.29) is 24.3 Å².